The molecule has 0 radical (unpaired) electrons. The first-order valence-electron chi connectivity index (χ1n) is 8.26. The lowest BCUT2D eigenvalue weighted by molar-refractivity contribution is 0.0860. The van der Waals surface area contributed by atoms with Gasteiger partial charge in [0.25, 0.3) is 0 Å². The molecule has 0 spiro atoms. The Kier molecular flexibility index (Phi) is 3.68. The van der Waals surface area contributed by atoms with Crippen LogP contribution in [0.25, 0.3) is 10.9 Å². The Morgan fingerprint density at radius 3 is 2.59 bits per heavy atom. The summed E-state index contributed by atoms with van der Waals surface area (Å²) in [6.07, 6.45) is 1.69. The summed E-state index contributed by atoms with van der Waals surface area (Å²) >= 11 is 0. The molecule has 2 saturated heterocycles. The van der Waals surface area contributed by atoms with Crippen molar-refractivity contribution < 1.29 is 0 Å². The number of piperazine rings is 1. The molecule has 116 valence electrons. The number of benzene rings is 1. The molecule has 2 aliphatic rings. The highest BCUT2D eigenvalue weighted by Gasteiger charge is 2.34. The molecule has 5 heteroatoms. The van der Waals surface area contributed by atoms with Crippen LogP contribution < -0.4 is 4.90 Å². The van der Waals surface area contributed by atoms with Crippen molar-refractivity contribution in [2.24, 2.45) is 0 Å². The Bertz CT molecular complexity index is 639. The number of anilines is 1. The lowest BCUT2D eigenvalue weighted by atomic mass is 10.0. The number of likely N-dealkylation sites (N-methyl/N-ethyl adjacent to an activating group) is 1. The van der Waals surface area contributed by atoms with Crippen molar-refractivity contribution in [1.82, 2.24) is 19.8 Å². The number of para-hydroxylation sites is 1. The smallest absolute Gasteiger partial charge is 0.139 e. The zero-order valence-electron chi connectivity index (χ0n) is 13.1. The van der Waals surface area contributed by atoms with Gasteiger partial charge in [-0.15, -0.1) is 0 Å². The van der Waals surface area contributed by atoms with Crippen LogP contribution in [0.2, 0.25) is 0 Å². The van der Waals surface area contributed by atoms with E-state index < -0.39 is 0 Å². The molecule has 3 heterocycles. The third kappa shape index (κ3) is 2.44. The van der Waals surface area contributed by atoms with Crippen LogP contribution in [0.3, 0.4) is 0 Å². The number of hydrogen-bond acceptors (Lipinski definition) is 5. The normalized spacial score (nSPS) is 21.2. The molecule has 5 nitrogen and oxygen atoms in total. The Morgan fingerprint density at radius 1 is 1.05 bits per heavy atom. The molecule has 0 aliphatic carbocycles. The highest BCUT2D eigenvalue weighted by atomic mass is 15.4. The summed E-state index contributed by atoms with van der Waals surface area (Å²) in [5.74, 6) is 1.09. The molecular weight excluding hydrogens is 274 g/mol. The minimum absolute atomic E-state index is 0.688. The Morgan fingerprint density at radius 2 is 1.82 bits per heavy atom. The summed E-state index contributed by atoms with van der Waals surface area (Å²) in [4.78, 5) is 16.4. The standard InChI is InChI=1S/C17H23N5/c1-2-20-7-9-21(10-8-20)14-11-22(12-14)17-15-5-3-4-6-16(15)18-13-19-17/h3-6,13-14H,2,7-12H2,1H3. The summed E-state index contributed by atoms with van der Waals surface area (Å²) in [6.45, 7) is 10.4. The lowest BCUT2D eigenvalue weighted by Gasteiger charge is -2.48. The summed E-state index contributed by atoms with van der Waals surface area (Å²) in [7, 11) is 0. The largest absolute Gasteiger partial charge is 0.353 e. The molecule has 4 rings (SSSR count). The van der Waals surface area contributed by atoms with E-state index in [1.807, 2.05) is 6.07 Å². The summed E-state index contributed by atoms with van der Waals surface area (Å²) < 4.78 is 0. The van der Waals surface area contributed by atoms with Gasteiger partial charge in [-0.3, -0.25) is 4.90 Å². The van der Waals surface area contributed by atoms with Crippen molar-refractivity contribution in [3.8, 4) is 0 Å². The number of aromatic nitrogens is 2. The summed E-state index contributed by atoms with van der Waals surface area (Å²) in [5, 5.41) is 1.17. The number of rotatable bonds is 3. The van der Waals surface area contributed by atoms with Gasteiger partial charge < -0.3 is 9.80 Å². The Hall–Kier alpha value is -1.72. The van der Waals surface area contributed by atoms with Gasteiger partial charge in [0.2, 0.25) is 0 Å². The fraction of sp³-hybridized carbons (Fsp3) is 0.529. The molecule has 0 bridgehead atoms. The molecule has 0 amide bonds. The van der Waals surface area contributed by atoms with Gasteiger partial charge >= 0.3 is 0 Å². The van der Waals surface area contributed by atoms with E-state index in [4.69, 9.17) is 0 Å². The van der Waals surface area contributed by atoms with Gasteiger partial charge in [-0.2, -0.15) is 0 Å². The molecule has 2 aliphatic heterocycles. The fourth-order valence-electron chi connectivity index (χ4n) is 3.55. The van der Waals surface area contributed by atoms with Crippen LogP contribution in [0.5, 0.6) is 0 Å². The molecule has 1 aromatic heterocycles. The first-order valence-corrected chi connectivity index (χ1v) is 8.26. The van der Waals surface area contributed by atoms with Crippen LogP contribution in [0.1, 0.15) is 6.92 Å². The topological polar surface area (TPSA) is 35.5 Å². The van der Waals surface area contributed by atoms with Crippen LogP contribution in [0.4, 0.5) is 5.82 Å². The molecule has 0 atom stereocenters. The third-order valence-electron chi connectivity index (χ3n) is 5.05. The summed E-state index contributed by atoms with van der Waals surface area (Å²) in [6, 6.07) is 8.97. The number of fused-ring (bicyclic) bond motifs is 1. The Labute approximate surface area is 131 Å². The predicted molar refractivity (Wildman–Crippen MR) is 89.2 cm³/mol. The van der Waals surface area contributed by atoms with Crippen LogP contribution >= 0.6 is 0 Å². The SMILES string of the molecule is CCN1CCN(C2CN(c3ncnc4ccccc34)C2)CC1. The first-order chi connectivity index (χ1) is 10.8. The molecule has 0 N–H and O–H groups in total. The van der Waals surface area contributed by atoms with Gasteiger partial charge in [0.05, 0.1) is 5.52 Å². The Balaban J connectivity index is 1.43. The molecule has 2 fully saturated rings. The van der Waals surface area contributed by atoms with E-state index in [0.717, 1.165) is 24.4 Å². The average molecular weight is 297 g/mol. The minimum atomic E-state index is 0.688. The predicted octanol–water partition coefficient (Wildman–Crippen LogP) is 1.46. The van der Waals surface area contributed by atoms with E-state index in [-0.39, 0.29) is 0 Å². The number of nitrogens with zero attached hydrogens (tertiary/aromatic N) is 5. The zero-order chi connectivity index (χ0) is 14.9. The molecular formula is C17H23N5. The lowest BCUT2D eigenvalue weighted by Crippen LogP contribution is -2.63. The van der Waals surface area contributed by atoms with Crippen molar-refractivity contribution in [2.45, 2.75) is 13.0 Å². The maximum Gasteiger partial charge on any atom is 0.139 e. The average Bonchev–Trinajstić information content (AvgIpc) is 2.54. The van der Waals surface area contributed by atoms with E-state index in [1.54, 1.807) is 6.33 Å². The first kappa shape index (κ1) is 13.9. The van der Waals surface area contributed by atoms with E-state index >= 15 is 0 Å². The van der Waals surface area contributed by atoms with E-state index in [9.17, 15) is 0 Å². The summed E-state index contributed by atoms with van der Waals surface area (Å²) in [5.41, 5.74) is 1.03. The second kappa shape index (κ2) is 5.82. The molecule has 1 aromatic carbocycles. The van der Waals surface area contributed by atoms with E-state index in [0.29, 0.717) is 6.04 Å². The van der Waals surface area contributed by atoms with Crippen LogP contribution in [0, 0.1) is 0 Å². The minimum Gasteiger partial charge on any atom is -0.353 e. The van der Waals surface area contributed by atoms with Crippen molar-refractivity contribution >= 4 is 16.7 Å². The van der Waals surface area contributed by atoms with Gasteiger partial charge in [-0.05, 0) is 18.7 Å². The third-order valence-corrected chi connectivity index (χ3v) is 5.05. The highest BCUT2D eigenvalue weighted by Crippen LogP contribution is 2.28. The van der Waals surface area contributed by atoms with Crippen molar-refractivity contribution in [2.75, 3.05) is 50.7 Å². The van der Waals surface area contributed by atoms with Gasteiger partial charge in [-0.25, -0.2) is 9.97 Å². The van der Waals surface area contributed by atoms with Crippen molar-refractivity contribution in [3.63, 3.8) is 0 Å². The maximum atomic E-state index is 4.52. The zero-order valence-corrected chi connectivity index (χ0v) is 13.1. The van der Waals surface area contributed by atoms with Crippen LogP contribution in [-0.2, 0) is 0 Å². The molecule has 2 aromatic rings. The van der Waals surface area contributed by atoms with E-state index in [1.165, 1.54) is 38.1 Å². The van der Waals surface area contributed by atoms with E-state index in [2.05, 4.69) is 49.8 Å². The monoisotopic (exact) mass is 297 g/mol. The van der Waals surface area contributed by atoms with Gasteiger partial charge in [-0.1, -0.05) is 19.1 Å². The van der Waals surface area contributed by atoms with Gasteiger partial charge in [0, 0.05) is 50.7 Å². The quantitative estimate of drug-likeness (QED) is 0.857. The fourth-order valence-corrected chi connectivity index (χ4v) is 3.55. The molecule has 0 saturated carbocycles. The van der Waals surface area contributed by atoms with Crippen LogP contribution in [0.15, 0.2) is 30.6 Å². The second-order valence-corrected chi connectivity index (χ2v) is 6.24. The van der Waals surface area contributed by atoms with Crippen molar-refractivity contribution in [1.29, 1.82) is 0 Å². The highest BCUT2D eigenvalue weighted by molar-refractivity contribution is 5.89. The molecule has 0 unspecified atom stereocenters. The van der Waals surface area contributed by atoms with Crippen molar-refractivity contribution in [3.05, 3.63) is 30.6 Å². The maximum absolute atomic E-state index is 4.52. The van der Waals surface area contributed by atoms with Gasteiger partial charge in [0.1, 0.15) is 12.1 Å². The second-order valence-electron chi connectivity index (χ2n) is 6.24. The van der Waals surface area contributed by atoms with Gasteiger partial charge in [0.15, 0.2) is 0 Å². The molecule has 22 heavy (non-hydrogen) atoms. The van der Waals surface area contributed by atoms with Crippen LogP contribution in [-0.4, -0.2) is 71.6 Å². The number of hydrogen-bond donors (Lipinski definition) is 0.